The van der Waals surface area contributed by atoms with E-state index in [2.05, 4.69) is 0 Å². The molecule has 2 aliphatic rings. The SMILES string of the molecule is CO[C@H]1OC(COCc2ccccc2)[C@H](O[C@@H]2OC(COC(=O)c3ccccc3)[C@@H](OC(=O)c3ccccc3)[C@H](OC(=O)c3ccccc3)C2OC(=O)c2ccccc2)[C@H](OCc2ccccc2)C1OCc1ccccc1. The van der Waals surface area contributed by atoms with Crippen molar-refractivity contribution in [1.29, 1.82) is 0 Å². The second kappa shape index (κ2) is 27.3. The maximum absolute atomic E-state index is 14.5. The van der Waals surface area contributed by atoms with E-state index in [0.717, 1.165) is 16.7 Å². The molecule has 0 amide bonds. The molecule has 77 heavy (non-hydrogen) atoms. The van der Waals surface area contributed by atoms with Crippen molar-refractivity contribution >= 4 is 23.9 Å². The second-order valence-corrected chi connectivity index (χ2v) is 18.1. The molecular formula is C62H58O15. The third-order valence-electron chi connectivity index (χ3n) is 12.8. The summed E-state index contributed by atoms with van der Waals surface area (Å²) < 4.78 is 71.9. The Balaban J connectivity index is 1.16. The van der Waals surface area contributed by atoms with Gasteiger partial charge in [0.1, 0.15) is 37.1 Å². The molecule has 0 N–H and O–H groups in total. The quantitative estimate of drug-likeness (QED) is 0.0464. The highest BCUT2D eigenvalue weighted by Crippen LogP contribution is 2.37. The van der Waals surface area contributed by atoms with Crippen molar-refractivity contribution in [1.82, 2.24) is 0 Å². The Morgan fingerprint density at radius 3 is 1.18 bits per heavy atom. The summed E-state index contributed by atoms with van der Waals surface area (Å²) >= 11 is 0. The first-order valence-corrected chi connectivity index (χ1v) is 25.2. The Bertz CT molecular complexity index is 2920. The van der Waals surface area contributed by atoms with Crippen LogP contribution in [-0.2, 0) is 71.9 Å². The summed E-state index contributed by atoms with van der Waals surface area (Å²) in [5, 5.41) is 0. The van der Waals surface area contributed by atoms with Crippen LogP contribution >= 0.6 is 0 Å². The minimum atomic E-state index is -1.73. The Hall–Kier alpha value is -7.86. The lowest BCUT2D eigenvalue weighted by Crippen LogP contribution is -2.67. The fraction of sp³-hybridized carbons (Fsp3) is 0.258. The fourth-order valence-electron chi connectivity index (χ4n) is 8.92. The van der Waals surface area contributed by atoms with Gasteiger partial charge in [-0.3, -0.25) is 0 Å². The summed E-state index contributed by atoms with van der Waals surface area (Å²) in [6, 6.07) is 61.3. The highest BCUT2D eigenvalue weighted by Gasteiger charge is 2.57. The van der Waals surface area contributed by atoms with Crippen LogP contribution in [0.1, 0.15) is 58.1 Å². The minimum Gasteiger partial charge on any atom is -0.459 e. The third-order valence-corrected chi connectivity index (χ3v) is 12.8. The van der Waals surface area contributed by atoms with Crippen molar-refractivity contribution < 1.29 is 71.3 Å². The molecule has 9 rings (SSSR count). The maximum atomic E-state index is 14.5. The zero-order valence-corrected chi connectivity index (χ0v) is 42.1. The molecule has 0 bridgehead atoms. The van der Waals surface area contributed by atoms with Crippen LogP contribution in [-0.4, -0.2) is 106 Å². The minimum absolute atomic E-state index is 0.0649. The van der Waals surface area contributed by atoms with Crippen molar-refractivity contribution in [2.45, 2.75) is 81.2 Å². The van der Waals surface area contributed by atoms with E-state index in [-0.39, 0.29) is 48.7 Å². The molecule has 15 heteroatoms. The maximum Gasteiger partial charge on any atom is 0.338 e. The van der Waals surface area contributed by atoms with Crippen LogP contribution in [0.4, 0.5) is 0 Å². The zero-order chi connectivity index (χ0) is 53.2. The molecule has 0 aliphatic carbocycles. The van der Waals surface area contributed by atoms with Gasteiger partial charge in [-0.15, -0.1) is 0 Å². The predicted octanol–water partition coefficient (Wildman–Crippen LogP) is 9.39. The van der Waals surface area contributed by atoms with Gasteiger partial charge in [-0.25, -0.2) is 19.2 Å². The molecule has 7 aromatic carbocycles. The largest absolute Gasteiger partial charge is 0.459 e. The van der Waals surface area contributed by atoms with Crippen LogP contribution < -0.4 is 0 Å². The molecule has 2 saturated heterocycles. The Labute approximate surface area is 446 Å². The number of hydrogen-bond donors (Lipinski definition) is 0. The Kier molecular flexibility index (Phi) is 19.1. The number of carbonyl (C=O) groups excluding carboxylic acids is 4. The molecular weight excluding hydrogens is 985 g/mol. The van der Waals surface area contributed by atoms with Gasteiger partial charge in [0.25, 0.3) is 0 Å². The van der Waals surface area contributed by atoms with Gasteiger partial charge in [0.15, 0.2) is 30.9 Å². The van der Waals surface area contributed by atoms with Crippen LogP contribution in [0.2, 0.25) is 0 Å². The Morgan fingerprint density at radius 2 is 0.727 bits per heavy atom. The van der Waals surface area contributed by atoms with E-state index in [0.29, 0.717) is 0 Å². The van der Waals surface area contributed by atoms with Crippen LogP contribution in [0, 0.1) is 0 Å². The van der Waals surface area contributed by atoms with E-state index < -0.39 is 91.9 Å². The molecule has 15 nitrogen and oxygen atoms in total. The average Bonchev–Trinajstić information content (AvgIpc) is 3.49. The lowest BCUT2D eigenvalue weighted by Gasteiger charge is -2.49. The van der Waals surface area contributed by atoms with E-state index in [1.165, 1.54) is 7.11 Å². The van der Waals surface area contributed by atoms with Gasteiger partial charge < -0.3 is 52.1 Å². The first kappa shape index (κ1) is 53.9. The van der Waals surface area contributed by atoms with Gasteiger partial charge in [-0.05, 0) is 65.2 Å². The summed E-state index contributed by atoms with van der Waals surface area (Å²) in [4.78, 5) is 57.0. The second-order valence-electron chi connectivity index (χ2n) is 18.1. The summed E-state index contributed by atoms with van der Waals surface area (Å²) in [6.45, 7) is -0.312. The highest BCUT2D eigenvalue weighted by atomic mass is 16.8. The van der Waals surface area contributed by atoms with Gasteiger partial charge in [0, 0.05) is 7.11 Å². The summed E-state index contributed by atoms with van der Waals surface area (Å²) in [7, 11) is 1.49. The number of benzene rings is 7. The Morgan fingerprint density at radius 1 is 0.364 bits per heavy atom. The third kappa shape index (κ3) is 14.5. The van der Waals surface area contributed by atoms with Gasteiger partial charge in [-0.1, -0.05) is 164 Å². The smallest absolute Gasteiger partial charge is 0.338 e. The molecule has 10 atom stereocenters. The van der Waals surface area contributed by atoms with Gasteiger partial charge in [-0.2, -0.15) is 0 Å². The number of ether oxygens (including phenoxy) is 11. The monoisotopic (exact) mass is 1040 g/mol. The molecule has 2 fully saturated rings. The average molecular weight is 1040 g/mol. The number of carbonyl (C=O) groups is 4. The van der Waals surface area contributed by atoms with Crippen LogP contribution in [0.15, 0.2) is 212 Å². The van der Waals surface area contributed by atoms with Crippen molar-refractivity contribution in [3.63, 3.8) is 0 Å². The topological polar surface area (TPSA) is 170 Å². The lowest BCUT2D eigenvalue weighted by atomic mass is 9.95. The van der Waals surface area contributed by atoms with E-state index >= 15 is 0 Å². The molecule has 2 aliphatic heterocycles. The molecule has 396 valence electrons. The van der Waals surface area contributed by atoms with E-state index in [1.807, 2.05) is 91.0 Å². The van der Waals surface area contributed by atoms with Crippen molar-refractivity contribution in [3.8, 4) is 0 Å². The molecule has 7 aromatic rings. The predicted molar refractivity (Wildman–Crippen MR) is 279 cm³/mol. The zero-order valence-electron chi connectivity index (χ0n) is 42.1. The molecule has 0 saturated carbocycles. The van der Waals surface area contributed by atoms with Gasteiger partial charge in [0.05, 0.1) is 48.7 Å². The number of methoxy groups -OCH3 is 1. The number of rotatable bonds is 22. The number of esters is 4. The van der Waals surface area contributed by atoms with E-state index in [9.17, 15) is 19.2 Å². The van der Waals surface area contributed by atoms with Crippen molar-refractivity contribution in [3.05, 3.63) is 251 Å². The standard InChI is InChI=1S/C62H58O15/c1-67-61-55(70-39-44-27-13-4-14-28-44)53(69-38-43-25-11-3-12-26-43)51(49(72-61)40-68-37-42-23-9-2-10-24-42)77-62-56(76-60(66)48-35-21-8-22-36-48)54(75-59(65)47-33-19-7-20-34-47)52(74-58(64)46-31-17-6-18-32-46)50(73-62)41-71-57(63)45-29-15-5-16-30-45/h2-36,49-56,61-62H,37-41H2,1H3/t49?,50?,51-,52+,53-,54-,55?,56?,61-,62-/m0/s1. The van der Waals surface area contributed by atoms with Crippen LogP contribution in [0.25, 0.3) is 0 Å². The molecule has 2 heterocycles. The number of hydrogen-bond acceptors (Lipinski definition) is 15. The normalized spacial score (nSPS) is 23.0. The molecule has 0 spiro atoms. The van der Waals surface area contributed by atoms with Gasteiger partial charge in [0.2, 0.25) is 0 Å². The lowest BCUT2D eigenvalue weighted by molar-refractivity contribution is -0.365. The first-order valence-electron chi connectivity index (χ1n) is 25.2. The van der Waals surface area contributed by atoms with E-state index in [1.54, 1.807) is 121 Å². The molecule has 0 radical (unpaired) electrons. The highest BCUT2D eigenvalue weighted by molar-refractivity contribution is 5.91. The van der Waals surface area contributed by atoms with E-state index in [4.69, 9.17) is 52.1 Å². The summed E-state index contributed by atoms with van der Waals surface area (Å²) in [6.07, 6.45) is -13.6. The summed E-state index contributed by atoms with van der Waals surface area (Å²) in [5.74, 6) is -3.31. The van der Waals surface area contributed by atoms with Crippen molar-refractivity contribution in [2.75, 3.05) is 20.3 Å². The fourth-order valence-corrected chi connectivity index (χ4v) is 8.92. The molecule has 0 aromatic heterocycles. The van der Waals surface area contributed by atoms with Gasteiger partial charge >= 0.3 is 23.9 Å². The van der Waals surface area contributed by atoms with Crippen LogP contribution in [0.5, 0.6) is 0 Å². The summed E-state index contributed by atoms with van der Waals surface area (Å²) in [5.41, 5.74) is 3.18. The first-order chi connectivity index (χ1) is 37.8. The molecule has 4 unspecified atom stereocenters. The van der Waals surface area contributed by atoms with Crippen molar-refractivity contribution in [2.24, 2.45) is 0 Å². The van der Waals surface area contributed by atoms with Crippen LogP contribution in [0.3, 0.4) is 0 Å².